The molecule has 0 spiro atoms. The van der Waals surface area contributed by atoms with Crippen molar-refractivity contribution in [1.29, 1.82) is 0 Å². The van der Waals surface area contributed by atoms with Gasteiger partial charge in [-0.2, -0.15) is 0 Å². The van der Waals surface area contributed by atoms with Crippen molar-refractivity contribution in [2.45, 2.75) is 32.9 Å². The number of halogens is 2. The Bertz CT molecular complexity index is 241. The second-order valence-electron chi connectivity index (χ2n) is 4.33. The Morgan fingerprint density at radius 1 is 1.37 bits per heavy atom. The summed E-state index contributed by atoms with van der Waals surface area (Å²) < 4.78 is 5.45. The summed E-state index contributed by atoms with van der Waals surface area (Å²) in [6, 6.07) is -0.208. The van der Waals surface area contributed by atoms with Gasteiger partial charge in [0.1, 0.15) is 6.04 Å². The van der Waals surface area contributed by atoms with E-state index in [0.29, 0.717) is 13.2 Å². The summed E-state index contributed by atoms with van der Waals surface area (Å²) in [7, 11) is 0. The lowest BCUT2D eigenvalue weighted by molar-refractivity contribution is -0.128. The van der Waals surface area contributed by atoms with Gasteiger partial charge >= 0.3 is 0 Å². The number of nitrogens with zero attached hydrogens (tertiary/aromatic N) is 1. The van der Waals surface area contributed by atoms with Gasteiger partial charge in [0.15, 0.2) is 0 Å². The van der Waals surface area contributed by atoms with Gasteiger partial charge in [-0.3, -0.25) is 4.79 Å². The molecule has 2 atom stereocenters. The topological polar surface area (TPSA) is 53.6 Å². The van der Waals surface area contributed by atoms with Gasteiger partial charge in [-0.1, -0.05) is 13.8 Å². The van der Waals surface area contributed by atoms with Crippen LogP contribution in [0.15, 0.2) is 0 Å². The normalized spacial score (nSPS) is 22.3. The molecule has 7 heteroatoms. The quantitative estimate of drug-likeness (QED) is 0.756. The third-order valence-electron chi connectivity index (χ3n) is 3.22. The Morgan fingerprint density at radius 3 is 2.53 bits per heavy atom. The van der Waals surface area contributed by atoms with Crippen LogP contribution in [0, 0.1) is 0 Å². The van der Waals surface area contributed by atoms with E-state index in [0.717, 1.165) is 26.2 Å². The maximum atomic E-state index is 11.9. The number of likely N-dealkylation sites (N-methyl/N-ethyl adjacent to an activating group) is 1. The molecule has 0 aliphatic carbocycles. The van der Waals surface area contributed by atoms with Crippen molar-refractivity contribution < 1.29 is 9.53 Å². The average Bonchev–Trinajstić information content (AvgIpc) is 2.35. The van der Waals surface area contributed by atoms with Crippen molar-refractivity contribution in [3.63, 3.8) is 0 Å². The molecule has 1 heterocycles. The second kappa shape index (κ2) is 11.7. The predicted molar refractivity (Wildman–Crippen MR) is 82.5 cm³/mol. The Labute approximate surface area is 128 Å². The summed E-state index contributed by atoms with van der Waals surface area (Å²) in [5.41, 5.74) is 0. The van der Waals surface area contributed by atoms with Gasteiger partial charge in [-0.25, -0.2) is 0 Å². The number of morpholine rings is 1. The zero-order valence-electron chi connectivity index (χ0n) is 12.0. The van der Waals surface area contributed by atoms with Gasteiger partial charge in [0, 0.05) is 19.6 Å². The zero-order valence-corrected chi connectivity index (χ0v) is 13.6. The van der Waals surface area contributed by atoms with Gasteiger partial charge in [0.05, 0.1) is 12.7 Å². The molecule has 1 aliphatic heterocycles. The third kappa shape index (κ3) is 7.32. The van der Waals surface area contributed by atoms with Crippen LogP contribution in [0.25, 0.3) is 0 Å². The minimum absolute atomic E-state index is 0. The molecule has 1 amide bonds. The molecule has 116 valence electrons. The van der Waals surface area contributed by atoms with Crippen LogP contribution in [0.4, 0.5) is 0 Å². The van der Waals surface area contributed by atoms with E-state index in [-0.39, 0.29) is 42.9 Å². The molecule has 19 heavy (non-hydrogen) atoms. The summed E-state index contributed by atoms with van der Waals surface area (Å²) in [4.78, 5) is 14.2. The zero-order chi connectivity index (χ0) is 12.7. The molecule has 0 bridgehead atoms. The standard InChI is InChI=1S/C12H25N3O2.2ClH/c1-4-15(5-2)8-6-14-12(16)11-10(3)17-9-7-13-11;;/h10-11,13H,4-9H2,1-3H3,(H,14,16);2*1H/t10-,11+;;/m1../s1. The van der Waals surface area contributed by atoms with Crippen molar-refractivity contribution >= 4 is 30.7 Å². The van der Waals surface area contributed by atoms with E-state index < -0.39 is 0 Å². The molecule has 0 unspecified atom stereocenters. The van der Waals surface area contributed by atoms with Crippen LogP contribution in [0.1, 0.15) is 20.8 Å². The van der Waals surface area contributed by atoms with Crippen molar-refractivity contribution in [2.75, 3.05) is 39.3 Å². The number of carbonyl (C=O) groups excluding carboxylic acids is 1. The lowest BCUT2D eigenvalue weighted by atomic mass is 10.1. The first-order valence-electron chi connectivity index (χ1n) is 6.54. The Morgan fingerprint density at radius 2 is 2.00 bits per heavy atom. The summed E-state index contributed by atoms with van der Waals surface area (Å²) in [5.74, 6) is 0.0457. The molecule has 0 aromatic heterocycles. The maximum Gasteiger partial charge on any atom is 0.239 e. The first-order valence-corrected chi connectivity index (χ1v) is 6.54. The van der Waals surface area contributed by atoms with E-state index in [4.69, 9.17) is 4.74 Å². The highest BCUT2D eigenvalue weighted by Crippen LogP contribution is 2.03. The Balaban J connectivity index is 0. The van der Waals surface area contributed by atoms with E-state index in [1.807, 2.05) is 6.92 Å². The number of hydrogen-bond donors (Lipinski definition) is 2. The smallest absolute Gasteiger partial charge is 0.239 e. The summed E-state index contributed by atoms with van der Waals surface area (Å²) in [6.07, 6.45) is -0.0443. The number of hydrogen-bond acceptors (Lipinski definition) is 4. The third-order valence-corrected chi connectivity index (χ3v) is 3.22. The average molecular weight is 316 g/mol. The minimum Gasteiger partial charge on any atom is -0.375 e. The maximum absolute atomic E-state index is 11.9. The number of nitrogens with one attached hydrogen (secondary N) is 2. The van der Waals surface area contributed by atoms with Crippen LogP contribution in [-0.2, 0) is 9.53 Å². The second-order valence-corrected chi connectivity index (χ2v) is 4.33. The highest BCUT2D eigenvalue weighted by molar-refractivity contribution is 5.85. The number of ether oxygens (including phenoxy) is 1. The summed E-state index contributed by atoms with van der Waals surface area (Å²) in [6.45, 7) is 11.3. The van der Waals surface area contributed by atoms with Gasteiger partial charge < -0.3 is 20.3 Å². The van der Waals surface area contributed by atoms with E-state index in [9.17, 15) is 4.79 Å². The van der Waals surface area contributed by atoms with E-state index in [1.165, 1.54) is 0 Å². The SMILES string of the molecule is CCN(CC)CCNC(=O)[C@H]1NCCO[C@@H]1C.Cl.Cl. The predicted octanol–water partition coefficient (Wildman–Crippen LogP) is 0.665. The van der Waals surface area contributed by atoms with Gasteiger partial charge in [-0.15, -0.1) is 24.8 Å². The molecular weight excluding hydrogens is 289 g/mol. The molecule has 0 aromatic carbocycles. The molecular formula is C12H27Cl2N3O2. The van der Waals surface area contributed by atoms with Gasteiger partial charge in [0.25, 0.3) is 0 Å². The van der Waals surface area contributed by atoms with Gasteiger partial charge in [-0.05, 0) is 20.0 Å². The molecule has 5 nitrogen and oxygen atoms in total. The summed E-state index contributed by atoms with van der Waals surface area (Å²) in [5, 5.41) is 6.14. The number of carbonyl (C=O) groups is 1. The molecule has 0 aromatic rings. The first kappa shape index (κ1) is 21.2. The van der Waals surface area contributed by atoms with Crippen LogP contribution in [-0.4, -0.2) is 62.3 Å². The van der Waals surface area contributed by atoms with Crippen molar-refractivity contribution in [3.05, 3.63) is 0 Å². The van der Waals surface area contributed by atoms with Gasteiger partial charge in [0.2, 0.25) is 5.91 Å². The highest BCUT2D eigenvalue weighted by Gasteiger charge is 2.27. The van der Waals surface area contributed by atoms with Crippen LogP contribution in [0.3, 0.4) is 0 Å². The number of rotatable bonds is 6. The fourth-order valence-corrected chi connectivity index (χ4v) is 2.01. The lowest BCUT2D eigenvalue weighted by Gasteiger charge is -2.29. The van der Waals surface area contributed by atoms with Crippen LogP contribution < -0.4 is 10.6 Å². The van der Waals surface area contributed by atoms with Crippen molar-refractivity contribution in [2.24, 2.45) is 0 Å². The molecule has 0 radical (unpaired) electrons. The molecule has 2 N–H and O–H groups in total. The van der Waals surface area contributed by atoms with E-state index in [1.54, 1.807) is 0 Å². The van der Waals surface area contributed by atoms with E-state index in [2.05, 4.69) is 29.4 Å². The van der Waals surface area contributed by atoms with E-state index >= 15 is 0 Å². The monoisotopic (exact) mass is 315 g/mol. The lowest BCUT2D eigenvalue weighted by Crippen LogP contribution is -2.56. The molecule has 1 aliphatic rings. The molecule has 1 rings (SSSR count). The largest absolute Gasteiger partial charge is 0.375 e. The van der Waals surface area contributed by atoms with Crippen LogP contribution >= 0.6 is 24.8 Å². The highest BCUT2D eigenvalue weighted by atomic mass is 35.5. The fraction of sp³-hybridized carbons (Fsp3) is 0.917. The molecule has 0 saturated carbocycles. The minimum atomic E-state index is -0.208. The Kier molecular flexibility index (Phi) is 13.1. The fourth-order valence-electron chi connectivity index (χ4n) is 2.01. The van der Waals surface area contributed by atoms with Crippen LogP contribution in [0.5, 0.6) is 0 Å². The first-order chi connectivity index (χ1) is 8.19. The Hall–Kier alpha value is -0.0700. The van der Waals surface area contributed by atoms with Crippen molar-refractivity contribution in [1.82, 2.24) is 15.5 Å². The van der Waals surface area contributed by atoms with Crippen LogP contribution in [0.2, 0.25) is 0 Å². The molecule has 1 saturated heterocycles. The summed E-state index contributed by atoms with van der Waals surface area (Å²) >= 11 is 0. The molecule has 1 fully saturated rings. The van der Waals surface area contributed by atoms with Crippen molar-refractivity contribution in [3.8, 4) is 0 Å². The number of amides is 1.